The highest BCUT2D eigenvalue weighted by Gasteiger charge is 2.31. The molecule has 0 aromatic rings. The van der Waals surface area contributed by atoms with Gasteiger partial charge in [-0.25, -0.2) is 0 Å². The summed E-state index contributed by atoms with van der Waals surface area (Å²) in [7, 11) is 0. The Morgan fingerprint density at radius 3 is 2.62 bits per heavy atom. The number of hydrogen-bond acceptors (Lipinski definition) is 3. The molecular weight excluding hydrogens is 198 g/mol. The average Bonchev–Trinajstić information content (AvgIpc) is 2.48. The summed E-state index contributed by atoms with van der Waals surface area (Å²) in [6.07, 6.45) is 4.06. The van der Waals surface area contributed by atoms with Crippen LogP contribution in [0.4, 0.5) is 0 Å². The molecule has 0 saturated carbocycles. The van der Waals surface area contributed by atoms with Crippen molar-refractivity contribution >= 4 is 0 Å². The van der Waals surface area contributed by atoms with Gasteiger partial charge in [-0.05, 0) is 52.7 Å². The highest BCUT2D eigenvalue weighted by molar-refractivity contribution is 4.88. The topological polar surface area (TPSA) is 18.5 Å². The van der Waals surface area contributed by atoms with E-state index in [2.05, 4.69) is 29.0 Å². The lowest BCUT2D eigenvalue weighted by atomic mass is 10.0. The Labute approximate surface area is 100 Å². The number of rotatable bonds is 3. The summed E-state index contributed by atoms with van der Waals surface area (Å²) in [6.45, 7) is 13.5. The fourth-order valence-electron chi connectivity index (χ4n) is 2.97. The van der Waals surface area contributed by atoms with Crippen LogP contribution >= 0.6 is 0 Å². The summed E-state index contributed by atoms with van der Waals surface area (Å²) in [5.41, 5.74) is 0.449. The highest BCUT2D eigenvalue weighted by atomic mass is 15.2. The fraction of sp³-hybridized carbons (Fsp3) is 1.00. The Bertz CT molecular complexity index is 207. The lowest BCUT2D eigenvalue weighted by molar-refractivity contribution is 0.147. The number of likely N-dealkylation sites (tertiary alicyclic amines) is 1. The molecule has 16 heavy (non-hydrogen) atoms. The summed E-state index contributed by atoms with van der Waals surface area (Å²) < 4.78 is 0. The van der Waals surface area contributed by atoms with Gasteiger partial charge in [0.15, 0.2) is 0 Å². The van der Waals surface area contributed by atoms with Gasteiger partial charge in [-0.15, -0.1) is 0 Å². The molecule has 0 radical (unpaired) electrons. The molecule has 0 aliphatic carbocycles. The third kappa shape index (κ3) is 3.19. The number of nitrogens with one attached hydrogen (secondary N) is 1. The van der Waals surface area contributed by atoms with Crippen LogP contribution in [0.2, 0.25) is 0 Å². The minimum Gasteiger partial charge on any atom is -0.315 e. The molecule has 2 aliphatic heterocycles. The molecule has 1 N–H and O–H groups in total. The van der Waals surface area contributed by atoms with Gasteiger partial charge in [0.25, 0.3) is 0 Å². The molecule has 0 bridgehead atoms. The summed E-state index contributed by atoms with van der Waals surface area (Å²) in [5, 5.41) is 3.47. The molecule has 0 unspecified atom stereocenters. The molecule has 2 fully saturated rings. The summed E-state index contributed by atoms with van der Waals surface area (Å²) in [6, 6.07) is 0. The second-order valence-electron chi connectivity index (χ2n) is 5.85. The normalized spacial score (nSPS) is 28.1. The van der Waals surface area contributed by atoms with Crippen molar-refractivity contribution in [3.8, 4) is 0 Å². The van der Waals surface area contributed by atoms with Crippen LogP contribution in [0.5, 0.6) is 0 Å². The van der Waals surface area contributed by atoms with Gasteiger partial charge in [-0.3, -0.25) is 4.90 Å². The third-order valence-corrected chi connectivity index (χ3v) is 4.19. The van der Waals surface area contributed by atoms with Crippen LogP contribution in [0.15, 0.2) is 0 Å². The first-order valence-corrected chi connectivity index (χ1v) is 6.87. The van der Waals surface area contributed by atoms with Crippen molar-refractivity contribution < 1.29 is 0 Å². The maximum absolute atomic E-state index is 3.47. The van der Waals surface area contributed by atoms with Crippen molar-refractivity contribution in [1.29, 1.82) is 0 Å². The highest BCUT2D eigenvalue weighted by Crippen LogP contribution is 2.27. The van der Waals surface area contributed by atoms with E-state index in [9.17, 15) is 0 Å². The van der Waals surface area contributed by atoms with E-state index in [0.29, 0.717) is 5.54 Å². The average molecular weight is 225 g/mol. The van der Waals surface area contributed by atoms with E-state index in [1.54, 1.807) is 0 Å². The van der Waals surface area contributed by atoms with Crippen molar-refractivity contribution in [2.75, 3.05) is 45.8 Å². The van der Waals surface area contributed by atoms with E-state index in [4.69, 9.17) is 0 Å². The van der Waals surface area contributed by atoms with E-state index in [0.717, 1.165) is 0 Å². The molecule has 2 rings (SSSR count). The quantitative estimate of drug-likeness (QED) is 0.777. The number of nitrogens with zero attached hydrogens (tertiary/aromatic N) is 2. The standard InChI is InChI=1S/C13H27N3/c1-13(2)5-3-9-16(13)12-11-15-8-4-6-14-7-10-15/h14H,3-12H2,1-2H3. The molecule has 0 aromatic heterocycles. The smallest absolute Gasteiger partial charge is 0.0154 e. The Morgan fingerprint density at radius 1 is 1.00 bits per heavy atom. The predicted molar refractivity (Wildman–Crippen MR) is 68.8 cm³/mol. The SMILES string of the molecule is CC1(C)CCCN1CCN1CCCNCC1. The van der Waals surface area contributed by atoms with Crippen LogP contribution in [0.3, 0.4) is 0 Å². The van der Waals surface area contributed by atoms with Gasteiger partial charge in [0, 0.05) is 31.7 Å². The monoisotopic (exact) mass is 225 g/mol. The molecule has 2 saturated heterocycles. The maximum Gasteiger partial charge on any atom is 0.0154 e. The van der Waals surface area contributed by atoms with Gasteiger partial charge in [-0.1, -0.05) is 0 Å². The van der Waals surface area contributed by atoms with Crippen LogP contribution < -0.4 is 5.32 Å². The van der Waals surface area contributed by atoms with Crippen LogP contribution in [0, 0.1) is 0 Å². The van der Waals surface area contributed by atoms with Crippen molar-refractivity contribution in [3.63, 3.8) is 0 Å². The van der Waals surface area contributed by atoms with Gasteiger partial charge in [0.2, 0.25) is 0 Å². The van der Waals surface area contributed by atoms with Crippen LogP contribution in [0.25, 0.3) is 0 Å². The molecule has 0 amide bonds. The molecule has 0 spiro atoms. The van der Waals surface area contributed by atoms with E-state index in [1.807, 2.05) is 0 Å². The Hall–Kier alpha value is -0.120. The summed E-state index contributed by atoms with van der Waals surface area (Å²) >= 11 is 0. The lowest BCUT2D eigenvalue weighted by Gasteiger charge is -2.33. The first kappa shape index (κ1) is 12.3. The largest absolute Gasteiger partial charge is 0.315 e. The number of hydrogen-bond donors (Lipinski definition) is 1. The van der Waals surface area contributed by atoms with Gasteiger partial charge in [0.05, 0.1) is 0 Å². The molecule has 2 aliphatic rings. The lowest BCUT2D eigenvalue weighted by Crippen LogP contribution is -2.43. The van der Waals surface area contributed by atoms with Crippen LogP contribution in [-0.4, -0.2) is 61.2 Å². The first-order chi connectivity index (χ1) is 7.68. The molecule has 2 heterocycles. The maximum atomic E-state index is 3.47. The van der Waals surface area contributed by atoms with Crippen molar-refractivity contribution in [3.05, 3.63) is 0 Å². The third-order valence-electron chi connectivity index (χ3n) is 4.19. The predicted octanol–water partition coefficient (Wildman–Crippen LogP) is 1.16. The Kier molecular flexibility index (Phi) is 4.22. The molecule has 3 heteroatoms. The van der Waals surface area contributed by atoms with Crippen molar-refractivity contribution in [2.45, 2.75) is 38.6 Å². The second-order valence-corrected chi connectivity index (χ2v) is 5.85. The molecule has 0 atom stereocenters. The molecule has 94 valence electrons. The van der Waals surface area contributed by atoms with Gasteiger partial charge in [0.1, 0.15) is 0 Å². The Morgan fingerprint density at radius 2 is 1.88 bits per heavy atom. The molecule has 3 nitrogen and oxygen atoms in total. The minimum atomic E-state index is 0.449. The first-order valence-electron chi connectivity index (χ1n) is 6.87. The van der Waals surface area contributed by atoms with Crippen molar-refractivity contribution in [1.82, 2.24) is 15.1 Å². The second kappa shape index (κ2) is 5.48. The van der Waals surface area contributed by atoms with Crippen molar-refractivity contribution in [2.24, 2.45) is 0 Å². The molecule has 0 aromatic carbocycles. The zero-order valence-corrected chi connectivity index (χ0v) is 11.0. The zero-order chi connectivity index (χ0) is 11.4. The van der Waals surface area contributed by atoms with E-state index in [1.165, 1.54) is 65.1 Å². The van der Waals surface area contributed by atoms with Gasteiger partial charge >= 0.3 is 0 Å². The summed E-state index contributed by atoms with van der Waals surface area (Å²) in [5.74, 6) is 0. The Balaban J connectivity index is 1.73. The molecular formula is C13H27N3. The van der Waals surface area contributed by atoms with Crippen LogP contribution in [0.1, 0.15) is 33.1 Å². The van der Waals surface area contributed by atoms with Crippen LogP contribution in [-0.2, 0) is 0 Å². The van der Waals surface area contributed by atoms with E-state index < -0.39 is 0 Å². The van der Waals surface area contributed by atoms with E-state index in [-0.39, 0.29) is 0 Å². The van der Waals surface area contributed by atoms with Gasteiger partial charge in [-0.2, -0.15) is 0 Å². The van der Waals surface area contributed by atoms with Gasteiger partial charge < -0.3 is 10.2 Å². The minimum absolute atomic E-state index is 0.449. The zero-order valence-electron chi connectivity index (χ0n) is 11.0. The van der Waals surface area contributed by atoms with E-state index >= 15 is 0 Å². The fourth-order valence-corrected chi connectivity index (χ4v) is 2.97. The summed E-state index contributed by atoms with van der Waals surface area (Å²) in [4.78, 5) is 5.29.